The van der Waals surface area contributed by atoms with Gasteiger partial charge in [0.2, 0.25) is 0 Å². The molecule has 0 unspecified atom stereocenters. The standard InChI is InChI=1S/C78H60F3N5/c1-45-27-46(2)32-59(31-45)55-19-23-68-64(39-55)65-40-56(60-33-47(3)28-48(4)34-60)20-24-69(65)85(68)72-43-63(77-83-75(53-15-11-9-12-16-53)82-76(84-77)54-17-13-10-14-18-54)44-73(74(72)78(79,80)81)86-70-25-21-57(61-35-49(5)29-50(6)36-61)41-66(70)67-42-58(22-26-71(67)86)62-37-51(7)30-52(8)38-62/h9-44H,1-8H3. The fraction of sp³-hybridized carbons (Fsp3) is 0.115. The third-order valence-corrected chi connectivity index (χ3v) is 16.6. The largest absolute Gasteiger partial charge is 0.420 e. The molecule has 8 heteroatoms. The summed E-state index contributed by atoms with van der Waals surface area (Å²) in [5.74, 6) is 1.00. The molecule has 0 fully saturated rings. The monoisotopic (exact) mass is 1120 g/mol. The van der Waals surface area contributed by atoms with Crippen molar-refractivity contribution in [2.45, 2.75) is 61.6 Å². The predicted octanol–water partition coefficient (Wildman–Crippen LogP) is 21.2. The Kier molecular flexibility index (Phi) is 13.0. The molecular formula is C78H60F3N5. The molecule has 0 saturated heterocycles. The van der Waals surface area contributed by atoms with Gasteiger partial charge >= 0.3 is 6.18 Å². The second-order valence-corrected chi connectivity index (χ2v) is 23.5. The molecule has 0 radical (unpaired) electrons. The van der Waals surface area contributed by atoms with Crippen LogP contribution in [0.5, 0.6) is 0 Å². The number of aryl methyl sites for hydroxylation is 8. The summed E-state index contributed by atoms with van der Waals surface area (Å²) in [6.07, 6.45) is -4.92. The fourth-order valence-corrected chi connectivity index (χ4v) is 13.2. The quantitative estimate of drug-likeness (QED) is 0.145. The molecule has 0 aliphatic carbocycles. The summed E-state index contributed by atoms with van der Waals surface area (Å²) in [5.41, 5.74) is 20.3. The third kappa shape index (κ3) is 9.80. The molecule has 0 atom stereocenters. The van der Waals surface area contributed by atoms with Gasteiger partial charge in [-0.15, -0.1) is 0 Å². The molecule has 3 heterocycles. The molecule has 11 aromatic carbocycles. The molecule has 14 rings (SSSR count). The predicted molar refractivity (Wildman–Crippen MR) is 349 cm³/mol. The number of fused-ring (bicyclic) bond motifs is 6. The van der Waals surface area contributed by atoms with Crippen LogP contribution in [0.3, 0.4) is 0 Å². The third-order valence-electron chi connectivity index (χ3n) is 16.6. The number of hydrogen-bond donors (Lipinski definition) is 0. The Morgan fingerprint density at radius 2 is 0.512 bits per heavy atom. The zero-order valence-corrected chi connectivity index (χ0v) is 49.2. The van der Waals surface area contributed by atoms with Crippen LogP contribution in [0.15, 0.2) is 218 Å². The molecule has 3 aromatic heterocycles. The Hall–Kier alpha value is -10.2. The van der Waals surface area contributed by atoms with Gasteiger partial charge in [0, 0.05) is 38.2 Å². The molecule has 0 aliphatic heterocycles. The van der Waals surface area contributed by atoms with Crippen molar-refractivity contribution in [3.05, 3.63) is 268 Å². The molecule has 86 heavy (non-hydrogen) atoms. The number of aromatic nitrogens is 5. The van der Waals surface area contributed by atoms with Crippen LogP contribution in [-0.2, 0) is 6.18 Å². The Labute approximate surface area is 498 Å². The highest BCUT2D eigenvalue weighted by molar-refractivity contribution is 6.14. The average Bonchev–Trinajstić information content (AvgIpc) is 2.11. The summed E-state index contributed by atoms with van der Waals surface area (Å²) < 4.78 is 56.4. The van der Waals surface area contributed by atoms with Crippen molar-refractivity contribution in [1.82, 2.24) is 24.1 Å². The topological polar surface area (TPSA) is 48.5 Å². The van der Waals surface area contributed by atoms with Gasteiger partial charge in [0.25, 0.3) is 0 Å². The zero-order valence-electron chi connectivity index (χ0n) is 49.2. The van der Waals surface area contributed by atoms with Crippen LogP contribution in [0.4, 0.5) is 13.2 Å². The molecule has 0 spiro atoms. The van der Waals surface area contributed by atoms with E-state index in [1.165, 1.54) is 0 Å². The lowest BCUT2D eigenvalue weighted by Gasteiger charge is -2.23. The van der Waals surface area contributed by atoms with E-state index in [1.54, 1.807) is 12.1 Å². The molecule has 418 valence electrons. The Bertz CT molecular complexity index is 4460. The molecule has 0 amide bonds. The Morgan fingerprint density at radius 1 is 0.256 bits per heavy atom. The second-order valence-electron chi connectivity index (χ2n) is 23.5. The summed E-state index contributed by atoms with van der Waals surface area (Å²) >= 11 is 0. The lowest BCUT2D eigenvalue weighted by Crippen LogP contribution is -2.16. The Morgan fingerprint density at radius 3 is 0.767 bits per heavy atom. The van der Waals surface area contributed by atoms with E-state index in [4.69, 9.17) is 15.0 Å². The highest BCUT2D eigenvalue weighted by atomic mass is 19.4. The summed E-state index contributed by atoms with van der Waals surface area (Å²) in [5, 5.41) is 3.26. The van der Waals surface area contributed by atoms with Crippen LogP contribution >= 0.6 is 0 Å². The summed E-state index contributed by atoms with van der Waals surface area (Å²) in [4.78, 5) is 15.4. The van der Waals surface area contributed by atoms with E-state index in [0.717, 1.165) is 122 Å². The van der Waals surface area contributed by atoms with Crippen molar-refractivity contribution in [2.24, 2.45) is 0 Å². The first-order valence-corrected chi connectivity index (χ1v) is 29.1. The molecule has 14 aromatic rings. The van der Waals surface area contributed by atoms with Gasteiger partial charge in [-0.2, -0.15) is 13.2 Å². The van der Waals surface area contributed by atoms with Gasteiger partial charge in [-0.05, 0) is 161 Å². The maximum Gasteiger partial charge on any atom is 0.420 e. The number of hydrogen-bond acceptors (Lipinski definition) is 3. The molecule has 0 bridgehead atoms. The highest BCUT2D eigenvalue weighted by Gasteiger charge is 2.40. The number of nitrogens with zero attached hydrogens (tertiary/aromatic N) is 5. The van der Waals surface area contributed by atoms with E-state index in [-0.39, 0.29) is 17.2 Å². The zero-order chi connectivity index (χ0) is 59.3. The maximum atomic E-state index is 17.6. The van der Waals surface area contributed by atoms with Crippen molar-refractivity contribution in [3.63, 3.8) is 0 Å². The Balaban J connectivity index is 1.13. The van der Waals surface area contributed by atoms with Gasteiger partial charge in [0.1, 0.15) is 5.56 Å². The van der Waals surface area contributed by atoms with Crippen molar-refractivity contribution in [1.29, 1.82) is 0 Å². The van der Waals surface area contributed by atoms with Crippen LogP contribution in [-0.4, -0.2) is 24.1 Å². The van der Waals surface area contributed by atoms with E-state index in [2.05, 4.69) is 152 Å². The van der Waals surface area contributed by atoms with E-state index < -0.39 is 11.7 Å². The minimum absolute atomic E-state index is 0.0695. The fourth-order valence-electron chi connectivity index (χ4n) is 13.2. The van der Waals surface area contributed by atoms with Gasteiger partial charge in [0.15, 0.2) is 17.5 Å². The van der Waals surface area contributed by atoms with Gasteiger partial charge in [-0.1, -0.05) is 202 Å². The highest BCUT2D eigenvalue weighted by Crippen LogP contribution is 2.48. The average molecular weight is 1120 g/mol. The number of benzene rings is 11. The van der Waals surface area contributed by atoms with Crippen molar-refractivity contribution < 1.29 is 13.2 Å². The smallest absolute Gasteiger partial charge is 0.309 e. The number of halogens is 3. The lowest BCUT2D eigenvalue weighted by atomic mass is 9.97. The van der Waals surface area contributed by atoms with Gasteiger partial charge in [0.05, 0.1) is 33.4 Å². The van der Waals surface area contributed by atoms with Crippen molar-refractivity contribution in [2.75, 3.05) is 0 Å². The van der Waals surface area contributed by atoms with Crippen LogP contribution < -0.4 is 0 Å². The summed E-state index contributed by atoms with van der Waals surface area (Å²) in [6, 6.07) is 73.1. The van der Waals surface area contributed by atoms with Crippen molar-refractivity contribution in [3.8, 4) is 90.0 Å². The number of rotatable bonds is 9. The molecule has 0 N–H and O–H groups in total. The van der Waals surface area contributed by atoms with Crippen LogP contribution in [0.1, 0.15) is 50.1 Å². The normalized spacial score (nSPS) is 11.9. The van der Waals surface area contributed by atoms with E-state index >= 15 is 13.2 Å². The first-order chi connectivity index (χ1) is 41.5. The minimum Gasteiger partial charge on any atom is -0.309 e. The van der Waals surface area contributed by atoms with Gasteiger partial charge < -0.3 is 9.13 Å². The van der Waals surface area contributed by atoms with Gasteiger partial charge in [-0.25, -0.2) is 15.0 Å². The first-order valence-electron chi connectivity index (χ1n) is 29.1. The van der Waals surface area contributed by atoms with Crippen LogP contribution in [0, 0.1) is 55.4 Å². The lowest BCUT2D eigenvalue weighted by molar-refractivity contribution is -0.137. The van der Waals surface area contributed by atoms with E-state index in [1.807, 2.05) is 118 Å². The first kappa shape index (κ1) is 53.8. The van der Waals surface area contributed by atoms with E-state index in [9.17, 15) is 0 Å². The molecular weight excluding hydrogens is 1060 g/mol. The van der Waals surface area contributed by atoms with E-state index in [0.29, 0.717) is 39.3 Å². The van der Waals surface area contributed by atoms with Crippen molar-refractivity contribution >= 4 is 43.6 Å². The van der Waals surface area contributed by atoms with Crippen LogP contribution in [0.2, 0.25) is 0 Å². The van der Waals surface area contributed by atoms with Crippen LogP contribution in [0.25, 0.3) is 134 Å². The summed E-state index contributed by atoms with van der Waals surface area (Å²) in [6.45, 7) is 16.7. The molecule has 5 nitrogen and oxygen atoms in total. The number of alkyl halides is 3. The molecule has 0 aliphatic rings. The summed E-state index contributed by atoms with van der Waals surface area (Å²) in [7, 11) is 0. The minimum atomic E-state index is -4.92. The second kappa shape index (κ2) is 20.9. The molecule has 0 saturated carbocycles. The SMILES string of the molecule is Cc1cc(C)cc(-c2ccc3c(c2)c2cc(-c4cc(C)cc(C)c4)ccc2n3-c2cc(-c3nc(-c4ccccc4)nc(-c4ccccc4)n3)cc(-n3c4ccc(-c5cc(C)cc(C)c5)cc4c4cc(-c5cc(C)cc(C)c5)ccc43)c2C(F)(F)F)c1. The van der Waals surface area contributed by atoms with Gasteiger partial charge in [-0.3, -0.25) is 0 Å². The maximum absolute atomic E-state index is 17.6.